The molecule has 0 heterocycles. The lowest BCUT2D eigenvalue weighted by Crippen LogP contribution is -2.04. The Morgan fingerprint density at radius 1 is 1.09 bits per heavy atom. The van der Waals surface area contributed by atoms with Crippen LogP contribution in [0.5, 0.6) is 5.75 Å². The third kappa shape index (κ3) is 3.59. The molecule has 0 saturated heterocycles. The highest BCUT2D eigenvalue weighted by Crippen LogP contribution is 2.48. The molecule has 4 nitrogen and oxygen atoms in total. The number of oxime groups is 1. The molecule has 0 unspecified atom stereocenters. The third-order valence-corrected chi connectivity index (χ3v) is 4.15. The molecule has 23 heavy (non-hydrogen) atoms. The van der Waals surface area contributed by atoms with Crippen LogP contribution in [0.25, 0.3) is 0 Å². The van der Waals surface area contributed by atoms with Crippen molar-refractivity contribution in [3.8, 4) is 5.75 Å². The number of carbonyl (C=O) groups excluding carboxylic acids is 1. The number of ether oxygens (including phenoxy) is 1. The van der Waals surface area contributed by atoms with Crippen molar-refractivity contribution in [2.75, 3.05) is 7.11 Å². The molecular formula is C19H19NO3. The van der Waals surface area contributed by atoms with Crippen molar-refractivity contribution in [3.63, 3.8) is 0 Å². The van der Waals surface area contributed by atoms with Crippen molar-refractivity contribution in [1.29, 1.82) is 0 Å². The van der Waals surface area contributed by atoms with Crippen molar-refractivity contribution in [1.82, 2.24) is 0 Å². The van der Waals surface area contributed by atoms with Crippen LogP contribution in [0.3, 0.4) is 0 Å². The van der Waals surface area contributed by atoms with Crippen LogP contribution in [0.4, 0.5) is 0 Å². The van der Waals surface area contributed by atoms with Gasteiger partial charge in [-0.1, -0.05) is 35.5 Å². The quantitative estimate of drug-likeness (QED) is 0.476. The number of nitrogens with zero attached hydrogens (tertiary/aromatic N) is 1. The monoisotopic (exact) mass is 309 g/mol. The van der Waals surface area contributed by atoms with Gasteiger partial charge in [0.1, 0.15) is 5.75 Å². The Hall–Kier alpha value is -2.62. The topological polar surface area (TPSA) is 47.9 Å². The van der Waals surface area contributed by atoms with Crippen LogP contribution in [0.2, 0.25) is 0 Å². The van der Waals surface area contributed by atoms with Crippen LogP contribution >= 0.6 is 0 Å². The summed E-state index contributed by atoms with van der Waals surface area (Å²) in [5.74, 6) is 1.21. The summed E-state index contributed by atoms with van der Waals surface area (Å²) in [6, 6.07) is 17.0. The highest BCUT2D eigenvalue weighted by atomic mass is 16.7. The minimum Gasteiger partial charge on any atom is -0.497 e. The highest BCUT2D eigenvalue weighted by molar-refractivity contribution is 5.91. The van der Waals surface area contributed by atoms with E-state index in [9.17, 15) is 4.79 Å². The van der Waals surface area contributed by atoms with E-state index in [1.807, 2.05) is 25.1 Å². The van der Waals surface area contributed by atoms with Gasteiger partial charge in [0.25, 0.3) is 0 Å². The summed E-state index contributed by atoms with van der Waals surface area (Å²) in [5.41, 5.74) is 2.63. The van der Waals surface area contributed by atoms with Gasteiger partial charge in [-0.05, 0) is 49.1 Å². The lowest BCUT2D eigenvalue weighted by atomic mass is 10.1. The standard InChI is InChI=1S/C19H19NO3/c1-13(20-23-19(21)15-6-4-3-5-7-15)17-12-18(17)14-8-10-16(22-2)11-9-14/h3-11,17-18H,12H2,1-2H3/t17-,18-/m1/s1. The van der Waals surface area contributed by atoms with Crippen LogP contribution in [-0.2, 0) is 4.84 Å². The molecule has 0 aliphatic heterocycles. The molecule has 0 spiro atoms. The van der Waals surface area contributed by atoms with Gasteiger partial charge in [0.05, 0.1) is 18.4 Å². The molecule has 2 aromatic carbocycles. The average molecular weight is 309 g/mol. The predicted molar refractivity (Wildman–Crippen MR) is 88.8 cm³/mol. The summed E-state index contributed by atoms with van der Waals surface area (Å²) in [5, 5.41) is 4.01. The van der Waals surface area contributed by atoms with Crippen molar-refractivity contribution in [2.45, 2.75) is 19.3 Å². The summed E-state index contributed by atoms with van der Waals surface area (Å²) < 4.78 is 5.17. The molecule has 1 fully saturated rings. The molecule has 0 amide bonds. The Kier molecular flexibility index (Phi) is 4.42. The first-order valence-electron chi connectivity index (χ1n) is 7.64. The normalized spacial score (nSPS) is 20.0. The van der Waals surface area contributed by atoms with Crippen LogP contribution < -0.4 is 4.74 Å². The molecule has 0 aromatic heterocycles. The Morgan fingerprint density at radius 2 is 1.78 bits per heavy atom. The van der Waals surface area contributed by atoms with Gasteiger partial charge in [-0.2, -0.15) is 0 Å². The van der Waals surface area contributed by atoms with Crippen molar-refractivity contribution in [3.05, 3.63) is 65.7 Å². The van der Waals surface area contributed by atoms with Gasteiger partial charge in [0, 0.05) is 5.92 Å². The maximum atomic E-state index is 11.9. The Labute approximate surface area is 135 Å². The largest absolute Gasteiger partial charge is 0.497 e. The molecule has 0 radical (unpaired) electrons. The predicted octanol–water partition coefficient (Wildman–Crippen LogP) is 4.03. The second kappa shape index (κ2) is 6.65. The lowest BCUT2D eigenvalue weighted by Gasteiger charge is -2.03. The van der Waals surface area contributed by atoms with Gasteiger partial charge in [-0.25, -0.2) is 4.79 Å². The minimum absolute atomic E-state index is 0.340. The van der Waals surface area contributed by atoms with Crippen molar-refractivity contribution in [2.24, 2.45) is 11.1 Å². The number of rotatable bonds is 5. The van der Waals surface area contributed by atoms with E-state index in [1.165, 1.54) is 5.56 Å². The Balaban J connectivity index is 1.59. The molecule has 2 atom stereocenters. The fraction of sp³-hybridized carbons (Fsp3) is 0.263. The Morgan fingerprint density at radius 3 is 2.43 bits per heavy atom. The van der Waals surface area contributed by atoms with E-state index >= 15 is 0 Å². The number of hydrogen-bond acceptors (Lipinski definition) is 4. The molecule has 1 aliphatic carbocycles. The van der Waals surface area contributed by atoms with Crippen LogP contribution in [0, 0.1) is 5.92 Å². The van der Waals surface area contributed by atoms with E-state index in [0.717, 1.165) is 17.9 Å². The van der Waals surface area contributed by atoms with Crippen molar-refractivity contribution >= 4 is 11.7 Å². The summed E-state index contributed by atoms with van der Waals surface area (Å²) in [7, 11) is 1.66. The number of hydrogen-bond donors (Lipinski definition) is 0. The van der Waals surface area contributed by atoms with Gasteiger partial charge >= 0.3 is 5.97 Å². The number of carbonyl (C=O) groups is 1. The van der Waals surface area contributed by atoms with Gasteiger partial charge in [-0.3, -0.25) is 0 Å². The number of benzene rings is 2. The first kappa shape index (κ1) is 15.3. The summed E-state index contributed by atoms with van der Waals surface area (Å²) in [4.78, 5) is 16.9. The molecule has 4 heteroatoms. The third-order valence-electron chi connectivity index (χ3n) is 4.15. The van der Waals surface area contributed by atoms with Crippen LogP contribution in [0.15, 0.2) is 59.8 Å². The fourth-order valence-corrected chi connectivity index (χ4v) is 2.68. The van der Waals surface area contributed by atoms with E-state index in [-0.39, 0.29) is 0 Å². The van der Waals surface area contributed by atoms with E-state index in [2.05, 4.69) is 17.3 Å². The minimum atomic E-state index is -0.424. The fourth-order valence-electron chi connectivity index (χ4n) is 2.68. The molecule has 1 aliphatic rings. The van der Waals surface area contributed by atoms with E-state index < -0.39 is 5.97 Å². The maximum absolute atomic E-state index is 11.9. The van der Waals surface area contributed by atoms with Crippen LogP contribution in [0.1, 0.15) is 35.2 Å². The number of methoxy groups -OCH3 is 1. The van der Waals surface area contributed by atoms with E-state index in [0.29, 0.717) is 17.4 Å². The van der Waals surface area contributed by atoms with Crippen LogP contribution in [-0.4, -0.2) is 18.8 Å². The van der Waals surface area contributed by atoms with E-state index in [4.69, 9.17) is 9.57 Å². The zero-order valence-electron chi connectivity index (χ0n) is 13.2. The molecule has 1 saturated carbocycles. The average Bonchev–Trinajstić information content (AvgIpc) is 3.41. The molecular weight excluding hydrogens is 290 g/mol. The zero-order valence-corrected chi connectivity index (χ0v) is 13.2. The van der Waals surface area contributed by atoms with Gasteiger partial charge < -0.3 is 9.57 Å². The van der Waals surface area contributed by atoms with Gasteiger partial charge in [-0.15, -0.1) is 0 Å². The highest BCUT2D eigenvalue weighted by Gasteiger charge is 2.40. The summed E-state index contributed by atoms with van der Waals surface area (Å²) >= 11 is 0. The van der Waals surface area contributed by atoms with Gasteiger partial charge in [0.2, 0.25) is 0 Å². The van der Waals surface area contributed by atoms with E-state index in [1.54, 1.807) is 31.4 Å². The second-order valence-electron chi connectivity index (χ2n) is 5.70. The SMILES string of the molecule is COc1ccc([C@H]2C[C@@H]2C(C)=NOC(=O)c2ccccc2)cc1. The summed E-state index contributed by atoms with van der Waals surface area (Å²) in [6.45, 7) is 1.91. The molecule has 118 valence electrons. The molecule has 0 bridgehead atoms. The van der Waals surface area contributed by atoms with Crippen molar-refractivity contribution < 1.29 is 14.4 Å². The lowest BCUT2D eigenvalue weighted by molar-refractivity contribution is 0.0514. The molecule has 2 aromatic rings. The Bertz CT molecular complexity index is 707. The van der Waals surface area contributed by atoms with Gasteiger partial charge in [0.15, 0.2) is 0 Å². The smallest absolute Gasteiger partial charge is 0.365 e. The maximum Gasteiger partial charge on any atom is 0.365 e. The zero-order chi connectivity index (χ0) is 16.2. The summed E-state index contributed by atoms with van der Waals surface area (Å²) in [6.07, 6.45) is 1.03. The second-order valence-corrected chi connectivity index (χ2v) is 5.70. The first-order valence-corrected chi connectivity index (χ1v) is 7.64. The first-order chi connectivity index (χ1) is 11.2. The molecule has 0 N–H and O–H groups in total. The molecule has 3 rings (SSSR count).